The lowest BCUT2D eigenvalue weighted by Crippen LogP contribution is -1.87. The quantitative estimate of drug-likeness (QED) is 0.435. The van der Waals surface area contributed by atoms with Crippen LogP contribution in [-0.4, -0.2) is 20.1 Å². The van der Waals surface area contributed by atoms with Gasteiger partial charge in [-0.05, 0) is 24.6 Å². The molecule has 0 aliphatic rings. The van der Waals surface area contributed by atoms with E-state index in [1.807, 2.05) is 0 Å². The molecule has 3 rings (SSSR count). The first-order valence-electron chi connectivity index (χ1n) is 6.97. The molecule has 23 heavy (non-hydrogen) atoms. The average Bonchev–Trinajstić information content (AvgIpc) is 3.03. The van der Waals surface area contributed by atoms with Crippen LogP contribution in [0.4, 0.5) is 5.69 Å². The second-order valence-electron chi connectivity index (χ2n) is 5.04. The van der Waals surface area contributed by atoms with Gasteiger partial charge in [-0.15, -0.1) is 5.10 Å². The first kappa shape index (κ1) is 15.2. The highest BCUT2D eigenvalue weighted by atomic mass is 32.2. The van der Waals surface area contributed by atoms with Gasteiger partial charge in [0.05, 0.1) is 4.92 Å². The molecular formula is C16H14N4O2S. The number of non-ortho nitro benzene ring substituents is 1. The highest BCUT2D eigenvalue weighted by Gasteiger charge is 2.09. The Hall–Kier alpha value is -2.67. The number of nitro groups is 1. The fourth-order valence-corrected chi connectivity index (χ4v) is 2.77. The molecular weight excluding hydrogens is 312 g/mol. The fraction of sp³-hybridized carbons (Fsp3) is 0.125. The van der Waals surface area contributed by atoms with Crippen molar-refractivity contribution in [3.63, 3.8) is 0 Å². The second-order valence-corrected chi connectivity index (χ2v) is 5.99. The van der Waals surface area contributed by atoms with Gasteiger partial charge in [-0.2, -0.15) is 0 Å². The number of rotatable bonds is 5. The Kier molecular flexibility index (Phi) is 4.38. The number of nitrogens with zero attached hydrogens (tertiary/aromatic N) is 3. The summed E-state index contributed by atoms with van der Waals surface area (Å²) in [6.45, 7) is 2.06. The molecule has 0 fully saturated rings. The molecule has 0 bridgehead atoms. The summed E-state index contributed by atoms with van der Waals surface area (Å²) in [4.78, 5) is 14.7. The van der Waals surface area contributed by atoms with E-state index in [0.717, 1.165) is 11.3 Å². The number of thioether (sulfide) groups is 1. The number of nitrogens with one attached hydrogen (secondary N) is 1. The smallest absolute Gasteiger partial charge is 0.258 e. The number of nitro benzene ring substituents is 1. The molecule has 0 saturated carbocycles. The summed E-state index contributed by atoms with van der Waals surface area (Å²) in [5.41, 5.74) is 3.27. The van der Waals surface area contributed by atoms with E-state index >= 15 is 0 Å². The Labute approximate surface area is 137 Å². The van der Waals surface area contributed by atoms with Gasteiger partial charge in [-0.3, -0.25) is 15.2 Å². The lowest BCUT2D eigenvalue weighted by atomic mass is 10.2. The minimum atomic E-state index is -0.424. The van der Waals surface area contributed by atoms with Crippen molar-refractivity contribution in [1.82, 2.24) is 15.2 Å². The fourth-order valence-electron chi connectivity index (χ4n) is 2.01. The highest BCUT2D eigenvalue weighted by molar-refractivity contribution is 7.98. The summed E-state index contributed by atoms with van der Waals surface area (Å²) in [7, 11) is 0. The molecule has 1 heterocycles. The van der Waals surface area contributed by atoms with Gasteiger partial charge >= 0.3 is 0 Å². The normalized spacial score (nSPS) is 10.7. The average molecular weight is 326 g/mol. The van der Waals surface area contributed by atoms with Gasteiger partial charge in [0, 0.05) is 23.4 Å². The molecule has 3 aromatic rings. The molecule has 0 unspecified atom stereocenters. The van der Waals surface area contributed by atoms with E-state index in [9.17, 15) is 10.1 Å². The van der Waals surface area contributed by atoms with Crippen LogP contribution in [0.25, 0.3) is 11.4 Å². The van der Waals surface area contributed by atoms with Gasteiger partial charge < -0.3 is 0 Å². The largest absolute Gasteiger partial charge is 0.269 e. The van der Waals surface area contributed by atoms with Gasteiger partial charge in [0.2, 0.25) is 5.16 Å². The van der Waals surface area contributed by atoms with Crippen LogP contribution in [0.5, 0.6) is 0 Å². The zero-order chi connectivity index (χ0) is 16.2. The molecule has 1 N–H and O–H groups in total. The van der Waals surface area contributed by atoms with Crippen LogP contribution in [0.2, 0.25) is 0 Å². The van der Waals surface area contributed by atoms with E-state index in [4.69, 9.17) is 0 Å². The van der Waals surface area contributed by atoms with Crippen LogP contribution < -0.4 is 0 Å². The zero-order valence-corrected chi connectivity index (χ0v) is 13.2. The van der Waals surface area contributed by atoms with Gasteiger partial charge in [0.25, 0.3) is 5.69 Å². The van der Waals surface area contributed by atoms with Crippen molar-refractivity contribution >= 4 is 17.4 Å². The minimum absolute atomic E-state index is 0.0576. The van der Waals surface area contributed by atoms with Crippen molar-refractivity contribution in [2.24, 2.45) is 0 Å². The number of aryl methyl sites for hydroxylation is 1. The number of aromatic amines is 1. The maximum absolute atomic E-state index is 10.7. The predicted octanol–water partition coefficient (Wildman–Crippen LogP) is 3.98. The summed E-state index contributed by atoms with van der Waals surface area (Å²) in [6.07, 6.45) is 0. The van der Waals surface area contributed by atoms with Gasteiger partial charge in [-0.25, -0.2) is 4.98 Å². The maximum Gasteiger partial charge on any atom is 0.269 e. The zero-order valence-electron chi connectivity index (χ0n) is 12.4. The summed E-state index contributed by atoms with van der Waals surface area (Å²) < 4.78 is 0. The summed E-state index contributed by atoms with van der Waals surface area (Å²) >= 11 is 1.54. The Balaban J connectivity index is 1.67. The van der Waals surface area contributed by atoms with Crippen molar-refractivity contribution in [2.45, 2.75) is 17.8 Å². The van der Waals surface area contributed by atoms with Crippen LogP contribution in [-0.2, 0) is 5.75 Å². The molecule has 0 saturated heterocycles. The Morgan fingerprint density at radius 1 is 1.13 bits per heavy atom. The molecule has 6 nitrogen and oxygen atoms in total. The van der Waals surface area contributed by atoms with Gasteiger partial charge in [0.15, 0.2) is 5.82 Å². The van der Waals surface area contributed by atoms with E-state index in [0.29, 0.717) is 11.0 Å². The van der Waals surface area contributed by atoms with E-state index in [-0.39, 0.29) is 5.69 Å². The number of aromatic nitrogens is 3. The lowest BCUT2D eigenvalue weighted by Gasteiger charge is -1.99. The third kappa shape index (κ3) is 3.75. The number of benzene rings is 2. The summed E-state index contributed by atoms with van der Waals surface area (Å²) in [5, 5.41) is 18.4. The van der Waals surface area contributed by atoms with Crippen LogP contribution >= 0.6 is 11.8 Å². The first-order valence-corrected chi connectivity index (χ1v) is 7.96. The van der Waals surface area contributed by atoms with Crippen molar-refractivity contribution in [1.29, 1.82) is 0 Å². The number of hydrogen-bond acceptors (Lipinski definition) is 5. The molecule has 0 radical (unpaired) electrons. The summed E-state index contributed by atoms with van der Waals surface area (Å²) in [5.74, 6) is 1.39. The maximum atomic E-state index is 10.7. The molecule has 7 heteroatoms. The molecule has 0 spiro atoms. The topological polar surface area (TPSA) is 84.7 Å². The van der Waals surface area contributed by atoms with E-state index in [1.165, 1.54) is 23.3 Å². The third-order valence-electron chi connectivity index (χ3n) is 3.30. The SMILES string of the molecule is Cc1ccc(CSc2n[nH]c(-c3ccc([N+](=O)[O-])cc3)n2)cc1. The molecule has 1 aromatic heterocycles. The molecule has 2 aromatic carbocycles. The third-order valence-corrected chi connectivity index (χ3v) is 4.22. The van der Waals surface area contributed by atoms with E-state index < -0.39 is 4.92 Å². The minimum Gasteiger partial charge on any atom is -0.258 e. The second kappa shape index (κ2) is 6.62. The van der Waals surface area contributed by atoms with Crippen molar-refractivity contribution in [3.05, 3.63) is 69.8 Å². The van der Waals surface area contributed by atoms with Crippen LogP contribution in [0.15, 0.2) is 53.7 Å². The molecule has 0 aliphatic heterocycles. The van der Waals surface area contributed by atoms with E-state index in [2.05, 4.69) is 46.4 Å². The molecule has 0 atom stereocenters. The summed E-state index contributed by atoms with van der Waals surface area (Å²) in [6, 6.07) is 14.6. The Morgan fingerprint density at radius 2 is 1.83 bits per heavy atom. The molecule has 0 amide bonds. The van der Waals surface area contributed by atoms with Crippen LogP contribution in [0, 0.1) is 17.0 Å². The predicted molar refractivity (Wildman–Crippen MR) is 89.2 cm³/mol. The number of H-pyrrole nitrogens is 1. The van der Waals surface area contributed by atoms with Crippen LogP contribution in [0.3, 0.4) is 0 Å². The van der Waals surface area contributed by atoms with Gasteiger partial charge in [-0.1, -0.05) is 41.6 Å². The Morgan fingerprint density at radius 3 is 2.48 bits per heavy atom. The van der Waals surface area contributed by atoms with Crippen molar-refractivity contribution in [3.8, 4) is 11.4 Å². The number of hydrogen-bond donors (Lipinski definition) is 1. The molecule has 0 aliphatic carbocycles. The molecule has 116 valence electrons. The van der Waals surface area contributed by atoms with E-state index in [1.54, 1.807) is 23.9 Å². The van der Waals surface area contributed by atoms with Crippen molar-refractivity contribution in [2.75, 3.05) is 0 Å². The highest BCUT2D eigenvalue weighted by Crippen LogP contribution is 2.23. The first-order chi connectivity index (χ1) is 11.1. The van der Waals surface area contributed by atoms with Crippen LogP contribution in [0.1, 0.15) is 11.1 Å². The lowest BCUT2D eigenvalue weighted by molar-refractivity contribution is -0.384. The van der Waals surface area contributed by atoms with Gasteiger partial charge in [0.1, 0.15) is 0 Å². The monoisotopic (exact) mass is 326 g/mol. The Bertz CT molecular complexity index is 813. The standard InChI is InChI=1S/C16H14N4O2S/c1-11-2-4-12(5-3-11)10-23-16-17-15(18-19-16)13-6-8-14(9-7-13)20(21)22/h2-9H,10H2,1H3,(H,17,18,19). The van der Waals surface area contributed by atoms with Crippen molar-refractivity contribution < 1.29 is 4.92 Å².